The van der Waals surface area contributed by atoms with Gasteiger partial charge in [0.2, 0.25) is 5.91 Å². The van der Waals surface area contributed by atoms with Crippen LogP contribution in [0.15, 0.2) is 30.6 Å². The van der Waals surface area contributed by atoms with Crippen LogP contribution in [0.3, 0.4) is 0 Å². The zero-order chi connectivity index (χ0) is 28.3. The Bertz CT molecular complexity index is 1330. The number of rotatable bonds is 9. The molecule has 4 rings (SSSR count). The van der Waals surface area contributed by atoms with E-state index in [4.69, 9.17) is 9.72 Å². The zero-order valence-electron chi connectivity index (χ0n) is 23.8. The van der Waals surface area contributed by atoms with E-state index in [1.165, 1.54) is 4.90 Å². The van der Waals surface area contributed by atoms with E-state index in [0.29, 0.717) is 31.1 Å². The molecule has 0 aliphatic carbocycles. The second-order valence-electron chi connectivity index (χ2n) is 10.6. The average Bonchev–Trinajstić information content (AvgIpc) is 3.29. The van der Waals surface area contributed by atoms with E-state index in [2.05, 4.69) is 9.38 Å². The van der Waals surface area contributed by atoms with Gasteiger partial charge in [-0.2, -0.15) is 0 Å². The molecule has 0 radical (unpaired) electrons. The molecule has 10 heteroatoms. The Morgan fingerprint density at radius 1 is 1.23 bits per heavy atom. The third-order valence-electron chi connectivity index (χ3n) is 7.50. The number of likely N-dealkylation sites (N-methyl/N-ethyl adjacent to an activating group) is 1. The Morgan fingerprint density at radius 2 is 1.95 bits per heavy atom. The van der Waals surface area contributed by atoms with Gasteiger partial charge in [0.15, 0.2) is 0 Å². The van der Waals surface area contributed by atoms with Crippen molar-refractivity contribution in [1.29, 1.82) is 0 Å². The number of benzene rings is 1. The standard InChI is InChI=1S/C29H40N6O4/c1-7-8-19(2)35(29(37)38)23-10-9-22(17-24(23)39-6)26-27-20(3)30-13-16-34(27)28(31-26)21-11-14-33(15-12-21)25(36)18-32(4)5/h9-10,13,16-17,19,21H,7-8,11-12,14-15,18H2,1-6H3,(H,37,38). The van der Waals surface area contributed by atoms with E-state index in [0.717, 1.165) is 54.0 Å². The highest BCUT2D eigenvalue weighted by Gasteiger charge is 2.29. The number of aryl methyl sites for hydroxylation is 1. The summed E-state index contributed by atoms with van der Waals surface area (Å²) in [4.78, 5) is 39.6. The SMILES string of the molecule is CCCC(C)N(C(=O)O)c1ccc(-c2nc(C3CCN(C(=O)CN(C)C)CC3)n3ccnc(C)c23)cc1OC. The van der Waals surface area contributed by atoms with Crippen molar-refractivity contribution in [1.82, 2.24) is 24.2 Å². The number of hydrogen-bond donors (Lipinski definition) is 1. The molecule has 3 aromatic rings. The maximum absolute atomic E-state index is 12.6. The lowest BCUT2D eigenvalue weighted by atomic mass is 9.96. The number of amides is 2. The number of anilines is 1. The van der Waals surface area contributed by atoms with E-state index in [1.807, 2.05) is 63.0 Å². The van der Waals surface area contributed by atoms with Gasteiger partial charge in [-0.15, -0.1) is 0 Å². The van der Waals surface area contributed by atoms with Crippen LogP contribution in [0.5, 0.6) is 5.75 Å². The molecule has 1 saturated heterocycles. The molecule has 1 fully saturated rings. The first-order valence-electron chi connectivity index (χ1n) is 13.6. The number of piperidine rings is 1. The monoisotopic (exact) mass is 536 g/mol. The predicted molar refractivity (Wildman–Crippen MR) is 152 cm³/mol. The number of imidazole rings is 1. The summed E-state index contributed by atoms with van der Waals surface area (Å²) in [7, 11) is 5.37. The van der Waals surface area contributed by atoms with Crippen molar-refractivity contribution in [3.8, 4) is 17.0 Å². The lowest BCUT2D eigenvalue weighted by molar-refractivity contribution is -0.132. The molecule has 3 heterocycles. The third-order valence-corrected chi connectivity index (χ3v) is 7.50. The summed E-state index contributed by atoms with van der Waals surface area (Å²) < 4.78 is 7.82. The summed E-state index contributed by atoms with van der Waals surface area (Å²) in [6, 6.07) is 5.40. The maximum atomic E-state index is 12.6. The summed E-state index contributed by atoms with van der Waals surface area (Å²) in [6.07, 6.45) is 6.03. The Morgan fingerprint density at radius 3 is 2.56 bits per heavy atom. The molecule has 2 amide bonds. The first-order valence-corrected chi connectivity index (χ1v) is 13.6. The number of hydrogen-bond acceptors (Lipinski definition) is 6. The summed E-state index contributed by atoms with van der Waals surface area (Å²) >= 11 is 0. The molecule has 0 bridgehead atoms. The van der Waals surface area contributed by atoms with Crippen LogP contribution in [0.25, 0.3) is 16.8 Å². The van der Waals surface area contributed by atoms with Gasteiger partial charge in [-0.3, -0.25) is 19.1 Å². The Labute approximate surface area is 230 Å². The van der Waals surface area contributed by atoms with Gasteiger partial charge in [-0.05, 0) is 59.3 Å². The van der Waals surface area contributed by atoms with Crippen molar-refractivity contribution in [3.05, 3.63) is 42.1 Å². The van der Waals surface area contributed by atoms with Crippen molar-refractivity contribution >= 4 is 23.2 Å². The molecule has 1 aliphatic rings. The van der Waals surface area contributed by atoms with Crippen LogP contribution in [0, 0.1) is 6.92 Å². The molecule has 210 valence electrons. The predicted octanol–water partition coefficient (Wildman–Crippen LogP) is 4.65. The van der Waals surface area contributed by atoms with Gasteiger partial charge in [0, 0.05) is 43.0 Å². The van der Waals surface area contributed by atoms with Crippen molar-refractivity contribution in [2.24, 2.45) is 0 Å². The van der Waals surface area contributed by atoms with Gasteiger partial charge in [-0.25, -0.2) is 9.78 Å². The largest absolute Gasteiger partial charge is 0.495 e. The van der Waals surface area contributed by atoms with Crippen LogP contribution in [-0.2, 0) is 4.79 Å². The van der Waals surface area contributed by atoms with Crippen LogP contribution in [-0.4, -0.2) is 88.2 Å². The number of fused-ring (bicyclic) bond motifs is 1. The van der Waals surface area contributed by atoms with Gasteiger partial charge < -0.3 is 19.6 Å². The number of ether oxygens (including phenoxy) is 1. The van der Waals surface area contributed by atoms with Crippen LogP contribution in [0.4, 0.5) is 10.5 Å². The molecule has 0 saturated carbocycles. The number of methoxy groups -OCH3 is 1. The van der Waals surface area contributed by atoms with E-state index in [-0.39, 0.29) is 17.9 Å². The van der Waals surface area contributed by atoms with Gasteiger partial charge in [-0.1, -0.05) is 19.4 Å². The fourth-order valence-electron chi connectivity index (χ4n) is 5.57. The van der Waals surface area contributed by atoms with Crippen molar-refractivity contribution < 1.29 is 19.4 Å². The summed E-state index contributed by atoms with van der Waals surface area (Å²) in [6.45, 7) is 7.75. The first-order chi connectivity index (χ1) is 18.7. The van der Waals surface area contributed by atoms with Crippen LogP contribution in [0.2, 0.25) is 0 Å². The van der Waals surface area contributed by atoms with Crippen LogP contribution >= 0.6 is 0 Å². The lowest BCUT2D eigenvalue weighted by Gasteiger charge is -2.32. The number of carbonyl (C=O) groups excluding carboxylic acids is 1. The van der Waals surface area contributed by atoms with Crippen LogP contribution < -0.4 is 9.64 Å². The maximum Gasteiger partial charge on any atom is 0.412 e. The van der Waals surface area contributed by atoms with E-state index in [1.54, 1.807) is 19.4 Å². The molecule has 1 unspecified atom stereocenters. The highest BCUT2D eigenvalue weighted by molar-refractivity contribution is 5.90. The number of carboxylic acid groups (broad SMARTS) is 1. The second-order valence-corrected chi connectivity index (χ2v) is 10.6. The molecule has 0 spiro atoms. The van der Waals surface area contributed by atoms with Crippen molar-refractivity contribution in [3.63, 3.8) is 0 Å². The molecule has 10 nitrogen and oxygen atoms in total. The minimum absolute atomic E-state index is 0.156. The topological polar surface area (TPSA) is 104 Å². The number of carbonyl (C=O) groups is 2. The highest BCUT2D eigenvalue weighted by Crippen LogP contribution is 2.38. The normalized spacial score (nSPS) is 15.1. The van der Waals surface area contributed by atoms with Gasteiger partial charge >= 0.3 is 6.09 Å². The minimum atomic E-state index is -1.01. The van der Waals surface area contributed by atoms with E-state index < -0.39 is 6.09 Å². The quantitative estimate of drug-likeness (QED) is 0.424. The van der Waals surface area contributed by atoms with Gasteiger partial charge in [0.05, 0.1) is 36.2 Å². The molecule has 39 heavy (non-hydrogen) atoms. The minimum Gasteiger partial charge on any atom is -0.495 e. The summed E-state index contributed by atoms with van der Waals surface area (Å²) in [5.41, 5.74) is 3.92. The lowest BCUT2D eigenvalue weighted by Crippen LogP contribution is -2.42. The summed E-state index contributed by atoms with van der Waals surface area (Å²) in [5.74, 6) is 1.80. The highest BCUT2D eigenvalue weighted by atomic mass is 16.5. The number of aromatic nitrogens is 3. The van der Waals surface area contributed by atoms with Gasteiger partial charge in [0.1, 0.15) is 11.6 Å². The zero-order valence-corrected chi connectivity index (χ0v) is 23.8. The third kappa shape index (κ3) is 5.85. The van der Waals surface area contributed by atoms with Crippen molar-refractivity contribution in [2.75, 3.05) is 45.7 Å². The fraction of sp³-hybridized carbons (Fsp3) is 0.517. The average molecular weight is 537 g/mol. The number of nitrogens with zero attached hydrogens (tertiary/aromatic N) is 6. The second kappa shape index (κ2) is 12.0. The van der Waals surface area contributed by atoms with E-state index in [9.17, 15) is 14.7 Å². The van der Waals surface area contributed by atoms with Crippen molar-refractivity contribution in [2.45, 2.75) is 58.4 Å². The Kier molecular flexibility index (Phi) is 8.74. The van der Waals surface area contributed by atoms with Gasteiger partial charge in [0.25, 0.3) is 0 Å². The first kappa shape index (κ1) is 28.4. The van der Waals surface area contributed by atoms with E-state index >= 15 is 0 Å². The molecular formula is C29H40N6O4. The molecule has 1 N–H and O–H groups in total. The molecule has 1 aromatic carbocycles. The number of likely N-dealkylation sites (tertiary alicyclic amines) is 1. The Hall–Kier alpha value is -3.66. The smallest absolute Gasteiger partial charge is 0.412 e. The fourth-order valence-corrected chi connectivity index (χ4v) is 5.57. The summed E-state index contributed by atoms with van der Waals surface area (Å²) in [5, 5.41) is 9.97. The Balaban J connectivity index is 1.70. The molecule has 2 aromatic heterocycles. The molecule has 1 atom stereocenters. The van der Waals surface area contributed by atoms with Crippen LogP contribution in [0.1, 0.15) is 57.0 Å². The molecular weight excluding hydrogens is 496 g/mol. The molecule has 1 aliphatic heterocycles.